The molecule has 0 unspecified atom stereocenters. The number of esters is 1. The van der Waals surface area contributed by atoms with Crippen molar-refractivity contribution >= 4 is 11.9 Å². The molecule has 0 aliphatic rings. The van der Waals surface area contributed by atoms with Crippen molar-refractivity contribution < 1.29 is 28.5 Å². The molecule has 0 radical (unpaired) electrons. The molecule has 2 rings (SSSR count). The molecule has 0 fully saturated rings. The molecule has 2 aromatic rings. The molecule has 0 bridgehead atoms. The molecule has 7 nitrogen and oxygen atoms in total. The molecule has 0 saturated heterocycles. The van der Waals surface area contributed by atoms with Crippen molar-refractivity contribution in [1.82, 2.24) is 0 Å². The van der Waals surface area contributed by atoms with Crippen LogP contribution in [0.25, 0.3) is 0 Å². The summed E-state index contributed by atoms with van der Waals surface area (Å²) in [5, 5.41) is 0. The van der Waals surface area contributed by atoms with Crippen LogP contribution in [0.1, 0.15) is 48.2 Å². The van der Waals surface area contributed by atoms with Crippen LogP contribution in [0.15, 0.2) is 43.0 Å². The van der Waals surface area contributed by atoms with Gasteiger partial charge in [0.2, 0.25) is 0 Å². The minimum atomic E-state index is -0.564. The van der Waals surface area contributed by atoms with Crippen LogP contribution >= 0.6 is 0 Å². The molecule has 0 aliphatic carbocycles. The number of allylic oxidation sites excluding steroid dienone is 1. The highest BCUT2D eigenvalue weighted by molar-refractivity contribution is 5.96. The summed E-state index contributed by atoms with van der Waals surface area (Å²) in [7, 11) is 1.49. The Kier molecular flexibility index (Phi) is 9.60. The molecule has 2 N–H and O–H groups in total. The lowest BCUT2D eigenvalue weighted by molar-refractivity contribution is -0.131. The highest BCUT2D eigenvalue weighted by Gasteiger charge is 2.18. The molecule has 0 spiro atoms. The van der Waals surface area contributed by atoms with Crippen LogP contribution in [0, 0.1) is 0 Å². The van der Waals surface area contributed by atoms with Crippen LogP contribution in [0.5, 0.6) is 23.0 Å². The van der Waals surface area contributed by atoms with E-state index in [1.165, 1.54) is 14.0 Å². The second-order valence-corrected chi connectivity index (χ2v) is 7.11. The molecule has 32 heavy (non-hydrogen) atoms. The third kappa shape index (κ3) is 6.51. The van der Waals surface area contributed by atoms with Gasteiger partial charge >= 0.3 is 5.97 Å². The molecular formula is C25H31NO6. The number of primary amides is 1. The second kappa shape index (κ2) is 12.4. The van der Waals surface area contributed by atoms with E-state index in [1.54, 1.807) is 30.3 Å². The highest BCUT2D eigenvalue weighted by Crippen LogP contribution is 2.33. The Morgan fingerprint density at radius 2 is 1.69 bits per heavy atom. The molecule has 0 atom stereocenters. The summed E-state index contributed by atoms with van der Waals surface area (Å²) in [5.41, 5.74) is 7.35. The van der Waals surface area contributed by atoms with Crippen molar-refractivity contribution in [2.45, 2.75) is 39.5 Å². The van der Waals surface area contributed by atoms with Gasteiger partial charge in [-0.15, -0.1) is 6.58 Å². The summed E-state index contributed by atoms with van der Waals surface area (Å²) >= 11 is 0. The first kappa shape index (κ1) is 24.8. The molecule has 0 aromatic heterocycles. The average molecular weight is 442 g/mol. The summed E-state index contributed by atoms with van der Waals surface area (Å²) in [5.74, 6) is 1.31. The maximum absolute atomic E-state index is 11.7. The Hall–Kier alpha value is -3.48. The Morgan fingerprint density at radius 3 is 2.25 bits per heavy atom. The first-order chi connectivity index (χ1) is 15.4. The third-order valence-electron chi connectivity index (χ3n) is 4.68. The number of ether oxygens (including phenoxy) is 4. The normalized spacial score (nSPS) is 10.3. The van der Waals surface area contributed by atoms with Crippen molar-refractivity contribution in [3.63, 3.8) is 0 Å². The monoisotopic (exact) mass is 441 g/mol. The van der Waals surface area contributed by atoms with E-state index >= 15 is 0 Å². The minimum Gasteiger partial charge on any atom is -0.495 e. The van der Waals surface area contributed by atoms with Gasteiger partial charge in [-0.1, -0.05) is 25.5 Å². The van der Waals surface area contributed by atoms with Crippen molar-refractivity contribution in [2.75, 3.05) is 20.3 Å². The number of carbonyl (C=O) groups excluding carboxylic acids is 2. The lowest BCUT2D eigenvalue weighted by atomic mass is 10.0. The number of methoxy groups -OCH3 is 1. The van der Waals surface area contributed by atoms with E-state index in [-0.39, 0.29) is 5.97 Å². The van der Waals surface area contributed by atoms with Gasteiger partial charge in [-0.05, 0) is 37.1 Å². The fraction of sp³-hybridized carbons (Fsp3) is 0.360. The van der Waals surface area contributed by atoms with E-state index in [9.17, 15) is 9.59 Å². The fourth-order valence-corrected chi connectivity index (χ4v) is 3.36. The number of hydrogen-bond acceptors (Lipinski definition) is 6. The topological polar surface area (TPSA) is 97.1 Å². The summed E-state index contributed by atoms with van der Waals surface area (Å²) in [4.78, 5) is 23.0. The predicted molar refractivity (Wildman–Crippen MR) is 123 cm³/mol. The summed E-state index contributed by atoms with van der Waals surface area (Å²) in [6.45, 7) is 8.02. The van der Waals surface area contributed by atoms with Gasteiger partial charge < -0.3 is 24.7 Å². The number of amides is 1. The number of nitrogens with two attached hydrogens (primary N) is 1. The summed E-state index contributed by atoms with van der Waals surface area (Å²) in [6, 6.07) is 8.75. The van der Waals surface area contributed by atoms with Gasteiger partial charge in [0.25, 0.3) is 5.91 Å². The van der Waals surface area contributed by atoms with Crippen LogP contribution in [-0.4, -0.2) is 32.2 Å². The maximum Gasteiger partial charge on any atom is 0.308 e. The van der Waals surface area contributed by atoms with Gasteiger partial charge in [-0.25, -0.2) is 0 Å². The molecular weight excluding hydrogens is 410 g/mol. The Morgan fingerprint density at radius 1 is 1.03 bits per heavy atom. The number of hydrogen-bond donors (Lipinski definition) is 1. The van der Waals surface area contributed by atoms with E-state index in [0.717, 1.165) is 24.0 Å². The molecule has 0 heterocycles. The van der Waals surface area contributed by atoms with Crippen LogP contribution < -0.4 is 24.7 Å². The largest absolute Gasteiger partial charge is 0.495 e. The van der Waals surface area contributed by atoms with Gasteiger partial charge in [-0.3, -0.25) is 9.59 Å². The van der Waals surface area contributed by atoms with Gasteiger partial charge in [-0.2, -0.15) is 0 Å². The van der Waals surface area contributed by atoms with Gasteiger partial charge in [0.15, 0.2) is 0 Å². The van der Waals surface area contributed by atoms with Gasteiger partial charge in [0.1, 0.15) is 23.0 Å². The molecule has 2 aromatic carbocycles. The van der Waals surface area contributed by atoms with Crippen LogP contribution in [-0.2, 0) is 17.6 Å². The predicted octanol–water partition coefficient (Wildman–Crippen LogP) is 4.25. The smallest absolute Gasteiger partial charge is 0.308 e. The lowest BCUT2D eigenvalue weighted by Gasteiger charge is -2.17. The average Bonchev–Trinajstić information content (AvgIpc) is 2.75. The molecule has 1 amide bonds. The lowest BCUT2D eigenvalue weighted by Crippen LogP contribution is -2.14. The van der Waals surface area contributed by atoms with E-state index < -0.39 is 5.91 Å². The SMILES string of the molecule is C=CCc1c(OCCCOc2cccc(OC(C)=O)c2CCC)ccc(C(N)=O)c1OC. The molecule has 0 saturated carbocycles. The van der Waals surface area contributed by atoms with E-state index in [0.29, 0.717) is 54.6 Å². The quantitative estimate of drug-likeness (QED) is 0.216. The summed E-state index contributed by atoms with van der Waals surface area (Å²) in [6.07, 6.45) is 4.44. The summed E-state index contributed by atoms with van der Waals surface area (Å²) < 4.78 is 22.6. The van der Waals surface area contributed by atoms with E-state index in [4.69, 9.17) is 24.7 Å². The van der Waals surface area contributed by atoms with Crippen molar-refractivity contribution in [3.8, 4) is 23.0 Å². The highest BCUT2D eigenvalue weighted by atomic mass is 16.5. The van der Waals surface area contributed by atoms with Crippen molar-refractivity contribution in [1.29, 1.82) is 0 Å². The van der Waals surface area contributed by atoms with Crippen molar-refractivity contribution in [3.05, 3.63) is 59.7 Å². The van der Waals surface area contributed by atoms with Crippen molar-refractivity contribution in [2.24, 2.45) is 5.73 Å². The molecule has 7 heteroatoms. The van der Waals surface area contributed by atoms with Gasteiger partial charge in [0.05, 0.1) is 25.9 Å². The first-order valence-electron chi connectivity index (χ1n) is 10.6. The second-order valence-electron chi connectivity index (χ2n) is 7.11. The zero-order valence-electron chi connectivity index (χ0n) is 18.9. The maximum atomic E-state index is 11.7. The standard InChI is InChI=1S/C25H31NO6/c1-5-9-18-21(11-7-12-23(18)32-17(3)27)30-15-8-16-31-22-14-13-20(25(26)28)24(29-4)19(22)10-6-2/h6-7,11-14H,2,5,8-10,15-16H2,1,3-4H3,(H2,26,28). The Bertz CT molecular complexity index is 954. The van der Waals surface area contributed by atoms with Crippen LogP contribution in [0.4, 0.5) is 0 Å². The third-order valence-corrected chi connectivity index (χ3v) is 4.68. The fourth-order valence-electron chi connectivity index (χ4n) is 3.36. The first-order valence-corrected chi connectivity index (χ1v) is 10.6. The van der Waals surface area contributed by atoms with E-state index in [1.807, 2.05) is 6.07 Å². The zero-order chi connectivity index (χ0) is 23.5. The van der Waals surface area contributed by atoms with Gasteiger partial charge in [0, 0.05) is 24.5 Å². The molecule has 172 valence electrons. The minimum absolute atomic E-state index is 0.302. The Balaban J connectivity index is 2.03. The van der Waals surface area contributed by atoms with E-state index in [2.05, 4.69) is 13.5 Å². The Labute approximate surface area is 189 Å². The number of benzene rings is 2. The molecule has 0 aliphatic heterocycles. The number of carbonyl (C=O) groups is 2. The zero-order valence-corrected chi connectivity index (χ0v) is 18.9. The van der Waals surface area contributed by atoms with Crippen LogP contribution in [0.3, 0.4) is 0 Å². The number of rotatable bonds is 13. The van der Waals surface area contributed by atoms with Crippen LogP contribution in [0.2, 0.25) is 0 Å².